The van der Waals surface area contributed by atoms with Crippen LogP contribution in [0.25, 0.3) is 10.9 Å². The van der Waals surface area contributed by atoms with Gasteiger partial charge in [-0.1, -0.05) is 18.2 Å². The van der Waals surface area contributed by atoms with E-state index in [1.807, 2.05) is 27.7 Å². The number of hydrogen-bond donors (Lipinski definition) is 1. The molecule has 3 aromatic rings. The lowest BCUT2D eigenvalue weighted by molar-refractivity contribution is -0.135. The quantitative estimate of drug-likeness (QED) is 0.400. The van der Waals surface area contributed by atoms with Crippen LogP contribution < -0.4 is 5.32 Å². The second kappa shape index (κ2) is 11.6. The van der Waals surface area contributed by atoms with E-state index in [0.29, 0.717) is 22.2 Å². The molecule has 0 atom stereocenters. The van der Waals surface area contributed by atoms with Crippen LogP contribution in [0.2, 0.25) is 0 Å². The fourth-order valence-electron chi connectivity index (χ4n) is 4.34. The zero-order chi connectivity index (χ0) is 27.3. The first-order valence-corrected chi connectivity index (χ1v) is 13.8. The molecule has 0 aliphatic heterocycles. The normalized spacial score (nSPS) is 11.6. The molecule has 1 N–H and O–H groups in total. The predicted octanol–water partition coefficient (Wildman–Crippen LogP) is 3.88. The Hall–Kier alpha value is -3.66. The van der Waals surface area contributed by atoms with E-state index in [1.54, 1.807) is 40.7 Å². The molecule has 0 spiro atoms. The number of para-hydroxylation sites is 1. The van der Waals surface area contributed by atoms with Crippen LogP contribution in [0, 0.1) is 0 Å². The summed E-state index contributed by atoms with van der Waals surface area (Å²) in [6, 6.07) is 12.9. The summed E-state index contributed by atoms with van der Waals surface area (Å²) in [4.78, 5) is 39.2. The molecule has 198 valence electrons. The molecule has 1 heterocycles. The van der Waals surface area contributed by atoms with Gasteiger partial charge >= 0.3 is 5.97 Å². The van der Waals surface area contributed by atoms with E-state index >= 15 is 0 Å². The SMILES string of the molecule is CCOC(=O)c1ccc(NC(=O)CS(=O)(=O)c2cn(CC(=O)N(C(C)C)C(C)C)c3ccccc23)cc1. The van der Waals surface area contributed by atoms with E-state index < -0.39 is 27.5 Å². The van der Waals surface area contributed by atoms with Crippen molar-refractivity contribution in [2.75, 3.05) is 17.7 Å². The zero-order valence-corrected chi connectivity index (χ0v) is 22.5. The maximum atomic E-state index is 13.3. The van der Waals surface area contributed by atoms with Crippen LogP contribution >= 0.6 is 0 Å². The summed E-state index contributed by atoms with van der Waals surface area (Å²) < 4.78 is 33.1. The number of nitrogens with one attached hydrogen (secondary N) is 1. The lowest BCUT2D eigenvalue weighted by Crippen LogP contribution is -2.43. The van der Waals surface area contributed by atoms with Crippen molar-refractivity contribution in [1.82, 2.24) is 9.47 Å². The Balaban J connectivity index is 1.82. The third kappa shape index (κ3) is 6.56. The van der Waals surface area contributed by atoms with Gasteiger partial charge < -0.3 is 19.5 Å². The van der Waals surface area contributed by atoms with Crippen LogP contribution in [0.3, 0.4) is 0 Å². The molecule has 0 fully saturated rings. The summed E-state index contributed by atoms with van der Waals surface area (Å²) in [5, 5.41) is 3.00. The van der Waals surface area contributed by atoms with Crippen molar-refractivity contribution in [1.29, 1.82) is 0 Å². The number of fused-ring (bicyclic) bond motifs is 1. The van der Waals surface area contributed by atoms with Crippen molar-refractivity contribution < 1.29 is 27.5 Å². The molecule has 0 bridgehead atoms. The topological polar surface area (TPSA) is 115 Å². The van der Waals surface area contributed by atoms with Crippen LogP contribution in [0.4, 0.5) is 5.69 Å². The van der Waals surface area contributed by atoms with Gasteiger partial charge in [-0.2, -0.15) is 0 Å². The number of rotatable bonds is 10. The number of nitrogens with zero attached hydrogens (tertiary/aromatic N) is 2. The number of anilines is 1. The summed E-state index contributed by atoms with van der Waals surface area (Å²) in [5.74, 6) is -2.11. The summed E-state index contributed by atoms with van der Waals surface area (Å²) in [7, 11) is -4.03. The zero-order valence-electron chi connectivity index (χ0n) is 21.7. The number of benzene rings is 2. The van der Waals surface area contributed by atoms with Gasteiger partial charge in [0.2, 0.25) is 11.8 Å². The van der Waals surface area contributed by atoms with Crippen molar-refractivity contribution in [3.8, 4) is 0 Å². The number of amides is 2. The number of aromatic nitrogens is 1. The highest BCUT2D eigenvalue weighted by molar-refractivity contribution is 7.92. The average Bonchev–Trinajstić information content (AvgIpc) is 3.18. The number of carbonyl (C=O) groups is 3. The van der Waals surface area contributed by atoms with Gasteiger partial charge in [-0.25, -0.2) is 13.2 Å². The molecule has 0 saturated heterocycles. The van der Waals surface area contributed by atoms with Gasteiger partial charge in [0, 0.05) is 34.9 Å². The smallest absolute Gasteiger partial charge is 0.338 e. The molecule has 1 aromatic heterocycles. The molecule has 2 amide bonds. The lowest BCUT2D eigenvalue weighted by Gasteiger charge is -2.31. The molecule has 0 saturated carbocycles. The summed E-state index contributed by atoms with van der Waals surface area (Å²) in [6.07, 6.45) is 1.43. The van der Waals surface area contributed by atoms with Crippen molar-refractivity contribution >= 4 is 44.2 Å². The molecule has 37 heavy (non-hydrogen) atoms. The molecule has 9 nitrogen and oxygen atoms in total. The van der Waals surface area contributed by atoms with E-state index in [4.69, 9.17) is 4.74 Å². The maximum absolute atomic E-state index is 13.3. The van der Waals surface area contributed by atoms with Gasteiger partial charge in [-0.05, 0) is 65.0 Å². The largest absolute Gasteiger partial charge is 0.462 e. The number of esters is 1. The second-order valence-electron chi connectivity index (χ2n) is 9.23. The molecule has 0 unspecified atom stereocenters. The Morgan fingerprint density at radius 1 is 0.973 bits per heavy atom. The number of hydrogen-bond acceptors (Lipinski definition) is 6. The molecule has 0 aliphatic carbocycles. The number of ether oxygens (including phenoxy) is 1. The molecule has 0 aliphatic rings. The fraction of sp³-hybridized carbons (Fsp3) is 0.370. The van der Waals surface area contributed by atoms with Crippen LogP contribution in [0.1, 0.15) is 45.0 Å². The van der Waals surface area contributed by atoms with Crippen LogP contribution in [0.15, 0.2) is 59.6 Å². The Kier molecular flexibility index (Phi) is 8.75. The molecule has 10 heteroatoms. The van der Waals surface area contributed by atoms with Gasteiger partial charge in [-0.3, -0.25) is 9.59 Å². The van der Waals surface area contributed by atoms with Gasteiger partial charge in [-0.15, -0.1) is 0 Å². The minimum atomic E-state index is -4.03. The third-order valence-electron chi connectivity index (χ3n) is 5.79. The van der Waals surface area contributed by atoms with Gasteiger partial charge in [0.1, 0.15) is 12.3 Å². The summed E-state index contributed by atoms with van der Waals surface area (Å²) in [6.45, 7) is 9.66. The minimum Gasteiger partial charge on any atom is -0.462 e. The standard InChI is InChI=1S/C27H33N3O6S/c1-6-36-27(33)20-11-13-21(14-12-20)28-25(31)17-37(34,35)24-15-29(23-10-8-7-9-22(23)24)16-26(32)30(18(2)3)19(4)5/h7-15,18-19H,6,16-17H2,1-5H3,(H,28,31). The van der Waals surface area contributed by atoms with Crippen molar-refractivity contribution in [2.24, 2.45) is 0 Å². The van der Waals surface area contributed by atoms with E-state index in [0.717, 1.165) is 0 Å². The van der Waals surface area contributed by atoms with Crippen LogP contribution in [0.5, 0.6) is 0 Å². The predicted molar refractivity (Wildman–Crippen MR) is 142 cm³/mol. The molecule has 2 aromatic carbocycles. The molecular formula is C27H33N3O6S. The van der Waals surface area contributed by atoms with Crippen LogP contribution in [-0.2, 0) is 30.7 Å². The van der Waals surface area contributed by atoms with Gasteiger partial charge in [0.15, 0.2) is 9.84 Å². The highest BCUT2D eigenvalue weighted by Gasteiger charge is 2.26. The van der Waals surface area contributed by atoms with Crippen molar-refractivity contribution in [3.05, 3.63) is 60.3 Å². The summed E-state index contributed by atoms with van der Waals surface area (Å²) in [5.41, 5.74) is 1.27. The minimum absolute atomic E-state index is 0.00687. The van der Waals surface area contributed by atoms with E-state index in [2.05, 4.69) is 5.32 Å². The number of sulfone groups is 1. The van der Waals surface area contributed by atoms with Crippen molar-refractivity contribution in [3.63, 3.8) is 0 Å². The van der Waals surface area contributed by atoms with Gasteiger partial charge in [0.25, 0.3) is 0 Å². The highest BCUT2D eigenvalue weighted by atomic mass is 32.2. The highest BCUT2D eigenvalue weighted by Crippen LogP contribution is 2.27. The van der Waals surface area contributed by atoms with E-state index in [-0.39, 0.29) is 36.0 Å². The Labute approximate surface area is 217 Å². The third-order valence-corrected chi connectivity index (χ3v) is 7.43. The molecule has 0 radical (unpaired) electrons. The Morgan fingerprint density at radius 3 is 2.19 bits per heavy atom. The molecular weight excluding hydrogens is 494 g/mol. The Morgan fingerprint density at radius 2 is 1.59 bits per heavy atom. The first-order chi connectivity index (χ1) is 17.4. The molecule has 3 rings (SSSR count). The van der Waals surface area contributed by atoms with Crippen LogP contribution in [-0.4, -0.2) is 60.1 Å². The second-order valence-corrected chi connectivity index (χ2v) is 11.2. The average molecular weight is 528 g/mol. The first kappa shape index (κ1) is 27.9. The van der Waals surface area contributed by atoms with E-state index in [1.165, 1.54) is 30.5 Å². The van der Waals surface area contributed by atoms with E-state index in [9.17, 15) is 22.8 Å². The fourth-order valence-corrected chi connectivity index (χ4v) is 5.71. The first-order valence-electron chi connectivity index (χ1n) is 12.1. The number of carbonyl (C=O) groups excluding carboxylic acids is 3. The van der Waals surface area contributed by atoms with Gasteiger partial charge in [0.05, 0.1) is 17.1 Å². The lowest BCUT2D eigenvalue weighted by atomic mass is 10.2. The van der Waals surface area contributed by atoms with Crippen molar-refractivity contribution in [2.45, 2.75) is 58.1 Å². The monoisotopic (exact) mass is 527 g/mol. The maximum Gasteiger partial charge on any atom is 0.338 e. The Bertz CT molecular complexity index is 1380. The summed E-state index contributed by atoms with van der Waals surface area (Å²) >= 11 is 0.